The molecule has 2 rings (SSSR count). The van der Waals surface area contributed by atoms with Gasteiger partial charge in [-0.3, -0.25) is 4.98 Å². The zero-order valence-corrected chi connectivity index (χ0v) is 9.35. The van der Waals surface area contributed by atoms with Crippen molar-refractivity contribution >= 4 is 5.82 Å². The van der Waals surface area contributed by atoms with Crippen molar-refractivity contribution in [2.24, 2.45) is 11.7 Å². The molecule has 1 saturated heterocycles. The van der Waals surface area contributed by atoms with Crippen molar-refractivity contribution in [2.45, 2.75) is 26.3 Å². The van der Waals surface area contributed by atoms with Crippen LogP contribution in [0.5, 0.6) is 0 Å². The molecule has 4 heteroatoms. The molecule has 2 unspecified atom stereocenters. The van der Waals surface area contributed by atoms with Gasteiger partial charge in [0.05, 0.1) is 5.69 Å². The van der Waals surface area contributed by atoms with Crippen LogP contribution in [-0.4, -0.2) is 29.1 Å². The monoisotopic (exact) mass is 206 g/mol. The van der Waals surface area contributed by atoms with Crippen molar-refractivity contribution in [2.75, 3.05) is 18.0 Å². The quantitative estimate of drug-likeness (QED) is 0.743. The second-order valence-electron chi connectivity index (χ2n) is 4.47. The highest BCUT2D eigenvalue weighted by molar-refractivity contribution is 5.43. The van der Waals surface area contributed by atoms with Crippen molar-refractivity contribution in [1.82, 2.24) is 9.97 Å². The van der Waals surface area contributed by atoms with Crippen LogP contribution in [0.1, 0.15) is 19.0 Å². The molecule has 0 amide bonds. The van der Waals surface area contributed by atoms with E-state index in [1.165, 1.54) is 0 Å². The summed E-state index contributed by atoms with van der Waals surface area (Å²) >= 11 is 0. The van der Waals surface area contributed by atoms with Crippen molar-refractivity contribution in [1.29, 1.82) is 0 Å². The van der Waals surface area contributed by atoms with Gasteiger partial charge in [0.15, 0.2) is 0 Å². The van der Waals surface area contributed by atoms with E-state index in [2.05, 4.69) is 21.8 Å². The van der Waals surface area contributed by atoms with Gasteiger partial charge in [-0.25, -0.2) is 4.98 Å². The van der Waals surface area contributed by atoms with E-state index in [1.54, 1.807) is 12.4 Å². The SMILES string of the molecule is Cc1nccnc1N1CC(C)CC(N)C1. The van der Waals surface area contributed by atoms with Gasteiger partial charge in [-0.2, -0.15) is 0 Å². The predicted molar refractivity (Wildman–Crippen MR) is 60.7 cm³/mol. The van der Waals surface area contributed by atoms with Gasteiger partial charge >= 0.3 is 0 Å². The van der Waals surface area contributed by atoms with Gasteiger partial charge in [0.2, 0.25) is 0 Å². The third kappa shape index (κ3) is 2.26. The molecule has 2 heterocycles. The molecular weight excluding hydrogens is 188 g/mol. The Balaban J connectivity index is 2.20. The molecule has 0 bridgehead atoms. The Hall–Kier alpha value is -1.16. The van der Waals surface area contributed by atoms with Crippen molar-refractivity contribution in [3.8, 4) is 0 Å². The van der Waals surface area contributed by atoms with Crippen LogP contribution < -0.4 is 10.6 Å². The van der Waals surface area contributed by atoms with Gasteiger partial charge in [-0.1, -0.05) is 6.92 Å². The first-order valence-electron chi connectivity index (χ1n) is 5.45. The predicted octanol–water partition coefficient (Wildman–Crippen LogP) is 0.959. The van der Waals surface area contributed by atoms with Crippen LogP contribution in [0.3, 0.4) is 0 Å². The third-order valence-corrected chi connectivity index (χ3v) is 2.85. The maximum Gasteiger partial charge on any atom is 0.150 e. The maximum atomic E-state index is 6.01. The molecule has 82 valence electrons. The minimum Gasteiger partial charge on any atom is -0.353 e. The van der Waals surface area contributed by atoms with Crippen molar-refractivity contribution < 1.29 is 0 Å². The fourth-order valence-corrected chi connectivity index (χ4v) is 2.28. The Morgan fingerprint density at radius 3 is 2.73 bits per heavy atom. The summed E-state index contributed by atoms with van der Waals surface area (Å²) in [5, 5.41) is 0. The zero-order chi connectivity index (χ0) is 10.8. The molecule has 0 radical (unpaired) electrons. The number of aryl methyl sites for hydroxylation is 1. The molecule has 1 aliphatic heterocycles. The summed E-state index contributed by atoms with van der Waals surface area (Å²) in [4.78, 5) is 10.9. The van der Waals surface area contributed by atoms with Crippen LogP contribution in [0, 0.1) is 12.8 Å². The molecule has 4 nitrogen and oxygen atoms in total. The van der Waals surface area contributed by atoms with Gasteiger partial charge in [-0.15, -0.1) is 0 Å². The van der Waals surface area contributed by atoms with Crippen LogP contribution in [0.4, 0.5) is 5.82 Å². The number of hydrogen-bond donors (Lipinski definition) is 1. The van der Waals surface area contributed by atoms with E-state index in [-0.39, 0.29) is 6.04 Å². The standard InChI is InChI=1S/C11H18N4/c1-8-5-10(12)7-15(6-8)11-9(2)13-3-4-14-11/h3-4,8,10H,5-7,12H2,1-2H3. The lowest BCUT2D eigenvalue weighted by Gasteiger charge is -2.35. The average Bonchev–Trinajstić information content (AvgIpc) is 2.16. The summed E-state index contributed by atoms with van der Waals surface area (Å²) in [5.74, 6) is 1.62. The smallest absolute Gasteiger partial charge is 0.150 e. The first kappa shape index (κ1) is 10.4. The zero-order valence-electron chi connectivity index (χ0n) is 9.35. The first-order chi connectivity index (χ1) is 7.16. The number of hydrogen-bond acceptors (Lipinski definition) is 4. The normalized spacial score (nSPS) is 26.7. The van der Waals surface area contributed by atoms with Crippen LogP contribution in [0.2, 0.25) is 0 Å². The molecule has 0 aromatic carbocycles. The highest BCUT2D eigenvalue weighted by atomic mass is 15.2. The Morgan fingerprint density at radius 1 is 1.33 bits per heavy atom. The summed E-state index contributed by atoms with van der Waals surface area (Å²) in [5.41, 5.74) is 7.00. The Bertz CT molecular complexity index is 329. The van der Waals surface area contributed by atoms with E-state index in [4.69, 9.17) is 5.73 Å². The highest BCUT2D eigenvalue weighted by Gasteiger charge is 2.23. The molecule has 2 N–H and O–H groups in total. The Morgan fingerprint density at radius 2 is 2.07 bits per heavy atom. The average molecular weight is 206 g/mol. The molecule has 1 aromatic heterocycles. The summed E-state index contributed by atoms with van der Waals surface area (Å²) in [6.45, 7) is 6.15. The van der Waals surface area contributed by atoms with Crippen molar-refractivity contribution in [3.05, 3.63) is 18.1 Å². The lowest BCUT2D eigenvalue weighted by atomic mass is 9.96. The number of nitrogens with two attached hydrogens (primary N) is 1. The van der Waals surface area contributed by atoms with Crippen LogP contribution in [-0.2, 0) is 0 Å². The third-order valence-electron chi connectivity index (χ3n) is 2.85. The molecule has 2 atom stereocenters. The molecule has 1 aromatic rings. The Labute approximate surface area is 90.5 Å². The van der Waals surface area contributed by atoms with E-state index in [1.807, 2.05) is 6.92 Å². The molecule has 0 aliphatic carbocycles. The molecule has 0 spiro atoms. The minimum atomic E-state index is 0.259. The van der Waals surface area contributed by atoms with Crippen LogP contribution in [0.25, 0.3) is 0 Å². The highest BCUT2D eigenvalue weighted by Crippen LogP contribution is 2.21. The minimum absolute atomic E-state index is 0.259. The molecule has 0 saturated carbocycles. The fraction of sp³-hybridized carbons (Fsp3) is 0.636. The summed E-state index contributed by atoms with van der Waals surface area (Å²) in [6.07, 6.45) is 4.58. The van der Waals surface area contributed by atoms with Crippen molar-refractivity contribution in [3.63, 3.8) is 0 Å². The largest absolute Gasteiger partial charge is 0.353 e. The van der Waals surface area contributed by atoms with Gasteiger partial charge in [0.1, 0.15) is 5.82 Å². The topological polar surface area (TPSA) is 55.0 Å². The van der Waals surface area contributed by atoms with E-state index < -0.39 is 0 Å². The number of nitrogens with zero attached hydrogens (tertiary/aromatic N) is 3. The van der Waals surface area contributed by atoms with Gasteiger partial charge in [0, 0.05) is 31.5 Å². The number of piperidine rings is 1. The second-order valence-corrected chi connectivity index (χ2v) is 4.47. The summed E-state index contributed by atoms with van der Waals surface area (Å²) in [6, 6.07) is 0.259. The molecule has 15 heavy (non-hydrogen) atoms. The number of anilines is 1. The van der Waals surface area contributed by atoms with Gasteiger partial charge in [0.25, 0.3) is 0 Å². The molecule has 1 aliphatic rings. The van der Waals surface area contributed by atoms with Gasteiger partial charge < -0.3 is 10.6 Å². The lowest BCUT2D eigenvalue weighted by molar-refractivity contribution is 0.399. The van der Waals surface area contributed by atoms with E-state index >= 15 is 0 Å². The van der Waals surface area contributed by atoms with E-state index in [9.17, 15) is 0 Å². The second kappa shape index (κ2) is 4.14. The summed E-state index contributed by atoms with van der Waals surface area (Å²) in [7, 11) is 0. The fourth-order valence-electron chi connectivity index (χ4n) is 2.28. The number of rotatable bonds is 1. The number of aromatic nitrogens is 2. The first-order valence-corrected chi connectivity index (χ1v) is 5.45. The summed E-state index contributed by atoms with van der Waals surface area (Å²) < 4.78 is 0. The lowest BCUT2D eigenvalue weighted by Crippen LogP contribution is -2.47. The van der Waals surface area contributed by atoms with E-state index in [0.29, 0.717) is 5.92 Å². The van der Waals surface area contributed by atoms with Gasteiger partial charge in [-0.05, 0) is 19.3 Å². The Kier molecular flexibility index (Phi) is 2.86. The van der Waals surface area contributed by atoms with Crippen LogP contribution in [0.15, 0.2) is 12.4 Å². The molecule has 1 fully saturated rings. The molecular formula is C11H18N4. The van der Waals surface area contributed by atoms with Crippen LogP contribution >= 0.6 is 0 Å². The van der Waals surface area contributed by atoms with E-state index in [0.717, 1.165) is 31.0 Å². The maximum absolute atomic E-state index is 6.01.